The van der Waals surface area contributed by atoms with Crippen molar-refractivity contribution in [2.75, 3.05) is 10.6 Å². The Balaban J connectivity index is 0.000000463. The molecule has 0 aliphatic heterocycles. The number of carbonyl (C=O) groups excluding carboxylic acids is 3. The van der Waals surface area contributed by atoms with E-state index in [-0.39, 0.29) is 16.0 Å². The summed E-state index contributed by atoms with van der Waals surface area (Å²) in [6, 6.07) is 21.2. The lowest BCUT2D eigenvalue weighted by Gasteiger charge is -2.23. The summed E-state index contributed by atoms with van der Waals surface area (Å²) in [5.74, 6) is 2.38. The van der Waals surface area contributed by atoms with Crippen molar-refractivity contribution in [3.8, 4) is 12.8 Å². The number of hydrazine groups is 2. The molecule has 0 spiro atoms. The van der Waals surface area contributed by atoms with Crippen LogP contribution in [0.1, 0.15) is 47.1 Å². The van der Waals surface area contributed by atoms with E-state index in [4.69, 9.17) is 48.7 Å². The van der Waals surface area contributed by atoms with Crippen LogP contribution >= 0.6 is 23.2 Å². The number of aliphatic hydroxyl groups is 2. The molecule has 0 bridgehead atoms. The van der Waals surface area contributed by atoms with Gasteiger partial charge in [-0.3, -0.25) is 30.7 Å². The fraction of sp³-hybridized carbons (Fsp3) is 0.200. The molecule has 0 saturated heterocycles. The second-order valence-corrected chi connectivity index (χ2v) is 12.3. The first-order chi connectivity index (χ1) is 27.5. The van der Waals surface area contributed by atoms with Gasteiger partial charge in [-0.2, -0.15) is 0 Å². The van der Waals surface area contributed by atoms with Gasteiger partial charge in [-0.25, -0.2) is 20.3 Å². The van der Waals surface area contributed by atoms with Gasteiger partial charge < -0.3 is 26.0 Å². The minimum atomic E-state index is -1.16. The number of terminal acetylenes is 1. The number of anilines is 2. The number of amides is 3. The molecular formula is C40H42Cl2N8O7. The highest BCUT2D eigenvalue weighted by atomic mass is 35.5. The molecule has 0 fully saturated rings. The fourth-order valence-corrected chi connectivity index (χ4v) is 4.90. The van der Waals surface area contributed by atoms with Crippen molar-refractivity contribution in [3.63, 3.8) is 0 Å². The second kappa shape index (κ2) is 24.7. The number of hydrogen-bond donors (Lipinski definition) is 9. The van der Waals surface area contributed by atoms with Crippen LogP contribution in [0.4, 0.5) is 22.7 Å². The minimum Gasteiger partial charge on any atom is -0.480 e. The predicted octanol–water partition coefficient (Wildman–Crippen LogP) is 5.81. The van der Waals surface area contributed by atoms with Crippen molar-refractivity contribution in [2.24, 2.45) is 5.84 Å². The number of halogens is 2. The standard InChI is InChI=1S/C19H19ClN4O3.C12H13ClN2O3.C7H8N2O.C2H2/c1-11-14(9-10-15(21-3)16(11)20)22-17(12(2)25)19(27)24-23-18(26)13-7-5-4-6-8-13;1-6-8(4-5-9(14-3)10(6)13)15-11(7(2)16)12(17)18;8-9-7(10)6-4-2-1-3-5-6;1-2/h4-10,12,17,22,25H,1-2H3,(H,23,26)(H,24,27);4-5,7,11,15-16H,1-2H3,(H,17,18);1-5H,8H2,(H,9,10);1-2H/t12-,17-;7-,11-;;/m11../s1/i;;;1D. The molecule has 4 atom stereocenters. The molecule has 0 radical (unpaired) electrons. The number of hydrogen-bond acceptors (Lipinski definition) is 9. The van der Waals surface area contributed by atoms with Crippen molar-refractivity contribution < 1.29 is 35.9 Å². The molecule has 0 saturated carbocycles. The van der Waals surface area contributed by atoms with Gasteiger partial charge in [0.2, 0.25) is 11.4 Å². The molecule has 0 aliphatic carbocycles. The quantitative estimate of drug-likeness (QED) is 0.0307. The molecule has 4 aromatic carbocycles. The lowest BCUT2D eigenvalue weighted by Crippen LogP contribution is -2.52. The number of aliphatic carboxylic acids is 1. The van der Waals surface area contributed by atoms with Crippen LogP contribution in [0.5, 0.6) is 0 Å². The number of rotatable bonds is 10. The maximum Gasteiger partial charge on any atom is 0.328 e. The molecule has 298 valence electrons. The maximum absolute atomic E-state index is 12.4. The molecular weight excluding hydrogens is 775 g/mol. The third-order valence-corrected chi connectivity index (χ3v) is 8.56. The zero-order chi connectivity index (χ0) is 43.9. The van der Waals surface area contributed by atoms with Gasteiger partial charge in [0, 0.05) is 22.5 Å². The molecule has 57 heavy (non-hydrogen) atoms. The summed E-state index contributed by atoms with van der Waals surface area (Å²) in [5, 5.41) is 34.5. The van der Waals surface area contributed by atoms with E-state index in [9.17, 15) is 29.4 Å². The predicted molar refractivity (Wildman–Crippen MR) is 221 cm³/mol. The van der Waals surface area contributed by atoms with Gasteiger partial charge in [0.05, 0.1) is 35.4 Å². The number of benzene rings is 4. The Morgan fingerprint density at radius 1 is 0.719 bits per heavy atom. The first-order valence-corrected chi connectivity index (χ1v) is 17.3. The molecule has 0 aromatic heterocycles. The number of nitrogen functional groups attached to an aromatic ring is 1. The van der Waals surface area contributed by atoms with Crippen molar-refractivity contribution in [3.05, 3.63) is 140 Å². The number of nitrogens with one attached hydrogen (secondary N) is 5. The molecule has 4 aromatic rings. The van der Waals surface area contributed by atoms with Crippen LogP contribution in [-0.4, -0.2) is 63.3 Å². The Morgan fingerprint density at radius 2 is 1.11 bits per heavy atom. The molecule has 0 heterocycles. The number of carbonyl (C=O) groups is 4. The van der Waals surface area contributed by atoms with Crippen LogP contribution in [0, 0.1) is 39.8 Å². The molecule has 15 nitrogen and oxygen atoms in total. The maximum atomic E-state index is 12.4. The summed E-state index contributed by atoms with van der Waals surface area (Å²) < 4.78 is 5.74. The Kier molecular flexibility index (Phi) is 20.2. The van der Waals surface area contributed by atoms with Crippen LogP contribution in [0.15, 0.2) is 84.9 Å². The average Bonchev–Trinajstić information content (AvgIpc) is 3.21. The Bertz CT molecular complexity index is 2140. The van der Waals surface area contributed by atoms with Gasteiger partial charge in [-0.05, 0) is 75.2 Å². The van der Waals surface area contributed by atoms with Gasteiger partial charge >= 0.3 is 5.97 Å². The van der Waals surface area contributed by atoms with Gasteiger partial charge in [0.1, 0.15) is 7.41 Å². The third-order valence-electron chi connectivity index (χ3n) is 7.61. The normalized spacial score (nSPS) is 11.9. The van der Waals surface area contributed by atoms with E-state index < -0.39 is 42.1 Å². The zero-order valence-electron chi connectivity index (χ0n) is 32.2. The van der Waals surface area contributed by atoms with E-state index in [1.165, 1.54) is 32.4 Å². The van der Waals surface area contributed by atoms with E-state index in [0.717, 1.165) is 0 Å². The summed E-state index contributed by atoms with van der Waals surface area (Å²) >= 11 is 12.1. The summed E-state index contributed by atoms with van der Waals surface area (Å²) in [6.45, 7) is 20.2. The van der Waals surface area contributed by atoms with Gasteiger partial charge in [0.15, 0.2) is 6.04 Å². The Hall–Kier alpha value is -6.64. The summed E-state index contributed by atoms with van der Waals surface area (Å²) in [5.41, 5.74) is 10.4. The second-order valence-electron chi connectivity index (χ2n) is 11.6. The van der Waals surface area contributed by atoms with Crippen LogP contribution in [0.3, 0.4) is 0 Å². The summed E-state index contributed by atoms with van der Waals surface area (Å²) in [7, 11) is 0. The van der Waals surface area contributed by atoms with Crippen molar-refractivity contribution in [2.45, 2.75) is 52.0 Å². The first-order valence-electron chi connectivity index (χ1n) is 17.0. The number of carboxylic acid groups (broad SMARTS) is 1. The molecule has 4 rings (SSSR count). The van der Waals surface area contributed by atoms with Crippen molar-refractivity contribution in [1.82, 2.24) is 16.3 Å². The lowest BCUT2D eigenvalue weighted by molar-refractivity contribution is -0.140. The van der Waals surface area contributed by atoms with Crippen LogP contribution in [0.25, 0.3) is 9.69 Å². The minimum absolute atomic E-state index is 0.263. The highest BCUT2D eigenvalue weighted by molar-refractivity contribution is 6.35. The van der Waals surface area contributed by atoms with E-state index in [1.54, 1.807) is 80.6 Å². The highest BCUT2D eigenvalue weighted by Crippen LogP contribution is 2.34. The van der Waals surface area contributed by atoms with Crippen LogP contribution < -0.4 is 32.8 Å². The van der Waals surface area contributed by atoms with Crippen LogP contribution in [0.2, 0.25) is 10.0 Å². The number of nitrogens with two attached hydrogens (primary N) is 1. The molecule has 0 aliphatic rings. The number of aliphatic hydroxyl groups excluding tert-OH is 2. The number of nitrogens with zero attached hydrogens (tertiary/aromatic N) is 2. The fourth-order valence-electron chi connectivity index (χ4n) is 4.49. The molecule has 3 amide bonds. The van der Waals surface area contributed by atoms with Crippen LogP contribution in [-0.2, 0) is 9.59 Å². The molecule has 10 N–H and O–H groups in total. The van der Waals surface area contributed by atoms with Gasteiger partial charge in [-0.15, -0.1) is 12.8 Å². The van der Waals surface area contributed by atoms with E-state index in [1.807, 2.05) is 11.5 Å². The lowest BCUT2D eigenvalue weighted by atomic mass is 10.1. The Labute approximate surface area is 342 Å². The third kappa shape index (κ3) is 14.8. The first kappa shape index (κ1) is 46.5. The summed E-state index contributed by atoms with van der Waals surface area (Å²) in [6.07, 6.45) is 3.65. The molecule has 0 unspecified atom stereocenters. The monoisotopic (exact) mass is 817 g/mol. The van der Waals surface area contributed by atoms with E-state index in [0.29, 0.717) is 45.0 Å². The smallest absolute Gasteiger partial charge is 0.328 e. The SMILES string of the molecule is NNC(=O)c1ccccc1.[2H]C#C.[C-]#[N+]c1ccc(N[C@@H](C(=O)NNC(=O)c2ccccc2)[C@@H](C)O)c(C)c1Cl.[C-]#[N+]c1ccc(N[C@@H](C(=O)O)[C@@H](C)O)c(C)c1Cl. The largest absolute Gasteiger partial charge is 0.480 e. The zero-order valence-corrected chi connectivity index (χ0v) is 32.7. The van der Waals surface area contributed by atoms with Crippen molar-refractivity contribution >= 4 is 69.6 Å². The van der Waals surface area contributed by atoms with Crippen molar-refractivity contribution in [1.29, 1.82) is 0 Å². The highest BCUT2D eigenvalue weighted by Gasteiger charge is 2.26. The topological polar surface area (TPSA) is 224 Å². The molecule has 17 heteroatoms. The van der Waals surface area contributed by atoms with E-state index in [2.05, 4.69) is 37.6 Å². The Morgan fingerprint density at radius 3 is 1.46 bits per heavy atom. The van der Waals surface area contributed by atoms with Gasteiger partial charge in [0.25, 0.3) is 17.7 Å². The van der Waals surface area contributed by atoms with E-state index >= 15 is 0 Å². The number of carboxylic acids is 1. The average molecular weight is 819 g/mol. The summed E-state index contributed by atoms with van der Waals surface area (Å²) in [4.78, 5) is 52.7. The van der Waals surface area contributed by atoms with Gasteiger partial charge in [-0.1, -0.05) is 71.7 Å².